The molecule has 3 aromatic carbocycles. The van der Waals surface area contributed by atoms with Crippen molar-refractivity contribution in [3.05, 3.63) is 95.2 Å². The molecule has 0 aliphatic heterocycles. The molecule has 4 aromatic rings. The zero-order valence-corrected chi connectivity index (χ0v) is 21.9. The first kappa shape index (κ1) is 26.2. The Hall–Kier alpha value is -3.90. The summed E-state index contributed by atoms with van der Waals surface area (Å²) in [5.41, 5.74) is 6.23. The summed E-state index contributed by atoms with van der Waals surface area (Å²) < 4.78 is 0. The number of rotatable bonds is 11. The first-order valence-electron chi connectivity index (χ1n) is 13.0. The van der Waals surface area contributed by atoms with Crippen LogP contribution < -0.4 is 10.6 Å². The highest BCUT2D eigenvalue weighted by Crippen LogP contribution is 2.26. The maximum atomic E-state index is 12.8. The third-order valence-electron chi connectivity index (χ3n) is 6.34. The Morgan fingerprint density at radius 2 is 1.68 bits per heavy atom. The number of hydrogen-bond donors (Lipinski definition) is 3. The van der Waals surface area contributed by atoms with Gasteiger partial charge in [0.25, 0.3) is 5.91 Å². The molecular formula is C31H36N4O2. The van der Waals surface area contributed by atoms with Gasteiger partial charge in [-0.25, -0.2) is 0 Å². The SMILES string of the molecule is CCCN(CCC)Cc1cc(CNC(=O)c2ccc(Nc3cc(C)nc4ccccc34)cc2)ccc1O. The number of carbonyl (C=O) groups excluding carboxylic acids is 1. The summed E-state index contributed by atoms with van der Waals surface area (Å²) in [5, 5.41) is 17.9. The van der Waals surface area contributed by atoms with E-state index in [1.165, 1.54) is 0 Å². The van der Waals surface area contributed by atoms with Crippen molar-refractivity contribution in [2.24, 2.45) is 0 Å². The molecule has 0 fully saturated rings. The molecule has 0 radical (unpaired) electrons. The lowest BCUT2D eigenvalue weighted by Gasteiger charge is -2.22. The second-order valence-electron chi connectivity index (χ2n) is 9.45. The van der Waals surface area contributed by atoms with Gasteiger partial charge in [-0.3, -0.25) is 14.7 Å². The topological polar surface area (TPSA) is 77.5 Å². The second-order valence-corrected chi connectivity index (χ2v) is 9.45. The highest BCUT2D eigenvalue weighted by Gasteiger charge is 2.11. The molecule has 1 heterocycles. The lowest BCUT2D eigenvalue weighted by atomic mass is 10.1. The number of para-hydroxylation sites is 1. The summed E-state index contributed by atoms with van der Waals surface area (Å²) in [4.78, 5) is 19.8. The van der Waals surface area contributed by atoms with E-state index in [0.29, 0.717) is 24.4 Å². The molecule has 0 spiro atoms. The van der Waals surface area contributed by atoms with E-state index in [0.717, 1.165) is 65.0 Å². The number of phenolic OH excluding ortho intramolecular Hbond substituents is 1. The normalized spacial score (nSPS) is 11.1. The molecule has 0 bridgehead atoms. The summed E-state index contributed by atoms with van der Waals surface area (Å²) in [6.45, 7) is 9.41. The Morgan fingerprint density at radius 1 is 0.946 bits per heavy atom. The van der Waals surface area contributed by atoms with Gasteiger partial charge in [-0.15, -0.1) is 0 Å². The smallest absolute Gasteiger partial charge is 0.251 e. The van der Waals surface area contributed by atoms with Crippen molar-refractivity contribution in [2.75, 3.05) is 18.4 Å². The summed E-state index contributed by atoms with van der Waals surface area (Å²) in [5.74, 6) is 0.164. The third-order valence-corrected chi connectivity index (χ3v) is 6.34. The minimum absolute atomic E-state index is 0.134. The number of amides is 1. The van der Waals surface area contributed by atoms with Crippen LogP contribution in [0.4, 0.5) is 11.4 Å². The molecule has 3 N–H and O–H groups in total. The molecule has 6 nitrogen and oxygen atoms in total. The van der Waals surface area contributed by atoms with Crippen molar-refractivity contribution in [3.8, 4) is 5.75 Å². The zero-order chi connectivity index (χ0) is 26.2. The van der Waals surface area contributed by atoms with Crippen LogP contribution in [0.2, 0.25) is 0 Å². The van der Waals surface area contributed by atoms with Gasteiger partial charge in [0.05, 0.1) is 5.52 Å². The van der Waals surface area contributed by atoms with Crippen LogP contribution >= 0.6 is 0 Å². The van der Waals surface area contributed by atoms with Crippen LogP contribution in [0.5, 0.6) is 5.75 Å². The fraction of sp³-hybridized carbons (Fsp3) is 0.290. The largest absolute Gasteiger partial charge is 0.508 e. The summed E-state index contributed by atoms with van der Waals surface area (Å²) in [7, 11) is 0. The van der Waals surface area contributed by atoms with Crippen LogP contribution in [0.25, 0.3) is 10.9 Å². The van der Waals surface area contributed by atoms with Crippen molar-refractivity contribution in [1.29, 1.82) is 0 Å². The lowest BCUT2D eigenvalue weighted by molar-refractivity contribution is 0.0951. The summed E-state index contributed by atoms with van der Waals surface area (Å²) in [6, 6.07) is 23.1. The number of hydrogen-bond acceptors (Lipinski definition) is 5. The van der Waals surface area contributed by atoms with Crippen LogP contribution in [0.3, 0.4) is 0 Å². The number of aromatic hydroxyl groups is 1. The van der Waals surface area contributed by atoms with Crippen molar-refractivity contribution >= 4 is 28.2 Å². The maximum absolute atomic E-state index is 12.8. The van der Waals surface area contributed by atoms with Gasteiger partial charge in [0, 0.05) is 46.7 Å². The van der Waals surface area contributed by atoms with Gasteiger partial charge >= 0.3 is 0 Å². The van der Waals surface area contributed by atoms with Gasteiger partial charge in [0.2, 0.25) is 0 Å². The van der Waals surface area contributed by atoms with Crippen LogP contribution in [-0.2, 0) is 13.1 Å². The molecule has 1 aromatic heterocycles. The van der Waals surface area contributed by atoms with E-state index in [9.17, 15) is 9.90 Å². The van der Waals surface area contributed by atoms with E-state index < -0.39 is 0 Å². The number of phenols is 1. The van der Waals surface area contributed by atoms with E-state index in [2.05, 4.69) is 34.4 Å². The number of benzene rings is 3. The zero-order valence-electron chi connectivity index (χ0n) is 21.9. The minimum Gasteiger partial charge on any atom is -0.508 e. The number of pyridine rings is 1. The van der Waals surface area contributed by atoms with Gasteiger partial charge in [-0.2, -0.15) is 0 Å². The molecule has 4 rings (SSSR count). The number of anilines is 2. The summed E-state index contributed by atoms with van der Waals surface area (Å²) in [6.07, 6.45) is 2.15. The molecular weight excluding hydrogens is 460 g/mol. The van der Waals surface area contributed by atoms with Gasteiger partial charge in [0.15, 0.2) is 0 Å². The summed E-state index contributed by atoms with van der Waals surface area (Å²) >= 11 is 0. The van der Waals surface area contributed by atoms with E-state index >= 15 is 0 Å². The fourth-order valence-corrected chi connectivity index (χ4v) is 4.57. The number of aromatic nitrogens is 1. The molecule has 0 saturated heterocycles. The monoisotopic (exact) mass is 496 g/mol. The van der Waals surface area contributed by atoms with Crippen molar-refractivity contribution in [1.82, 2.24) is 15.2 Å². The number of aryl methyl sites for hydroxylation is 1. The van der Waals surface area contributed by atoms with Crippen LogP contribution in [0, 0.1) is 6.92 Å². The fourth-order valence-electron chi connectivity index (χ4n) is 4.57. The number of nitrogens with zero attached hydrogens (tertiary/aromatic N) is 2. The Kier molecular flexibility index (Phi) is 8.75. The molecule has 0 aliphatic rings. The van der Waals surface area contributed by atoms with Crippen molar-refractivity contribution in [3.63, 3.8) is 0 Å². The Labute approximate surface area is 219 Å². The third kappa shape index (κ3) is 6.86. The van der Waals surface area contributed by atoms with E-state index in [1.54, 1.807) is 6.07 Å². The lowest BCUT2D eigenvalue weighted by Crippen LogP contribution is -2.25. The second kappa shape index (κ2) is 12.4. The van der Waals surface area contributed by atoms with Gasteiger partial charge in [0.1, 0.15) is 5.75 Å². The quantitative estimate of drug-likeness (QED) is 0.220. The Morgan fingerprint density at radius 3 is 2.41 bits per heavy atom. The van der Waals surface area contributed by atoms with Crippen LogP contribution in [-0.4, -0.2) is 34.0 Å². The Bertz CT molecular complexity index is 1350. The van der Waals surface area contributed by atoms with Crippen molar-refractivity contribution < 1.29 is 9.90 Å². The van der Waals surface area contributed by atoms with Gasteiger partial charge in [-0.1, -0.05) is 38.1 Å². The maximum Gasteiger partial charge on any atom is 0.251 e. The predicted octanol–water partition coefficient (Wildman–Crippen LogP) is 6.54. The molecule has 192 valence electrons. The van der Waals surface area contributed by atoms with Crippen LogP contribution in [0.15, 0.2) is 72.8 Å². The van der Waals surface area contributed by atoms with Crippen molar-refractivity contribution in [2.45, 2.75) is 46.7 Å². The average molecular weight is 497 g/mol. The van der Waals surface area contributed by atoms with Gasteiger partial charge < -0.3 is 15.7 Å². The molecule has 0 aliphatic carbocycles. The molecule has 0 saturated carbocycles. The molecule has 1 amide bonds. The number of fused-ring (bicyclic) bond motifs is 1. The number of carbonyl (C=O) groups is 1. The van der Waals surface area contributed by atoms with E-state index in [1.807, 2.05) is 73.7 Å². The van der Waals surface area contributed by atoms with Crippen LogP contribution in [0.1, 0.15) is 53.9 Å². The molecule has 0 unspecified atom stereocenters. The van der Waals surface area contributed by atoms with Gasteiger partial charge in [-0.05, 0) is 86.9 Å². The highest BCUT2D eigenvalue weighted by molar-refractivity contribution is 5.95. The first-order chi connectivity index (χ1) is 18.0. The standard InChI is InChI=1S/C31H36N4O2/c1-4-16-35(17-5-2)21-25-19-23(10-15-30(25)36)20-32-31(37)24-11-13-26(14-12-24)34-29-18-22(3)33-28-9-7-6-8-27(28)29/h6-15,18-19,36H,4-5,16-17,20-21H2,1-3H3,(H,32,37)(H,33,34). The number of nitrogens with one attached hydrogen (secondary N) is 2. The predicted molar refractivity (Wildman–Crippen MR) is 151 cm³/mol. The average Bonchev–Trinajstić information content (AvgIpc) is 2.89. The molecule has 6 heteroatoms. The molecule has 37 heavy (non-hydrogen) atoms. The molecule has 0 atom stereocenters. The first-order valence-corrected chi connectivity index (χ1v) is 13.0. The Balaban J connectivity index is 1.39. The van der Waals surface area contributed by atoms with E-state index in [-0.39, 0.29) is 5.91 Å². The van der Waals surface area contributed by atoms with E-state index in [4.69, 9.17) is 0 Å². The minimum atomic E-state index is -0.134. The highest BCUT2D eigenvalue weighted by atomic mass is 16.3.